The molecular formula is C16H24N2O2S. The summed E-state index contributed by atoms with van der Waals surface area (Å²) in [5, 5.41) is 3.38. The van der Waals surface area contributed by atoms with E-state index in [4.69, 9.17) is 4.74 Å². The summed E-state index contributed by atoms with van der Waals surface area (Å²) in [6.07, 6.45) is 3.09. The molecule has 0 aliphatic carbocycles. The summed E-state index contributed by atoms with van der Waals surface area (Å²) < 4.78 is 5.11. The van der Waals surface area contributed by atoms with E-state index in [1.165, 1.54) is 12.0 Å². The van der Waals surface area contributed by atoms with Crippen molar-refractivity contribution < 1.29 is 9.53 Å². The summed E-state index contributed by atoms with van der Waals surface area (Å²) in [7, 11) is 1.47. The number of nitrogens with one attached hydrogen (secondary N) is 1. The number of nitrogens with zero attached hydrogens (tertiary/aromatic N) is 1. The zero-order valence-electron chi connectivity index (χ0n) is 13.0. The van der Waals surface area contributed by atoms with E-state index < -0.39 is 5.54 Å². The molecule has 5 heteroatoms. The quantitative estimate of drug-likeness (QED) is 0.681. The van der Waals surface area contributed by atoms with Gasteiger partial charge in [-0.3, -0.25) is 4.90 Å². The van der Waals surface area contributed by atoms with E-state index in [9.17, 15) is 4.79 Å². The van der Waals surface area contributed by atoms with Crippen LogP contribution in [0.1, 0.15) is 18.9 Å². The minimum absolute atomic E-state index is 0.193. The zero-order chi connectivity index (χ0) is 15.3. The van der Waals surface area contributed by atoms with E-state index in [0.717, 1.165) is 38.2 Å². The fourth-order valence-electron chi connectivity index (χ4n) is 2.84. The van der Waals surface area contributed by atoms with Gasteiger partial charge in [-0.25, -0.2) is 4.79 Å². The highest BCUT2D eigenvalue weighted by molar-refractivity contribution is 7.98. The molecule has 1 heterocycles. The van der Waals surface area contributed by atoms with E-state index in [-0.39, 0.29) is 5.97 Å². The summed E-state index contributed by atoms with van der Waals surface area (Å²) in [5.74, 6) is -0.193. The monoisotopic (exact) mass is 308 g/mol. The second kappa shape index (κ2) is 7.29. The van der Waals surface area contributed by atoms with Crippen molar-refractivity contribution in [2.24, 2.45) is 0 Å². The number of esters is 1. The van der Waals surface area contributed by atoms with Crippen LogP contribution < -0.4 is 5.32 Å². The van der Waals surface area contributed by atoms with Crippen LogP contribution in [-0.4, -0.2) is 50.4 Å². The lowest BCUT2D eigenvalue weighted by Crippen LogP contribution is -2.51. The van der Waals surface area contributed by atoms with Gasteiger partial charge in [-0.1, -0.05) is 12.1 Å². The summed E-state index contributed by atoms with van der Waals surface area (Å²) in [4.78, 5) is 15.9. The summed E-state index contributed by atoms with van der Waals surface area (Å²) in [6.45, 7) is 5.60. The van der Waals surface area contributed by atoms with Crippen LogP contribution in [0.2, 0.25) is 0 Å². The third kappa shape index (κ3) is 3.42. The first-order chi connectivity index (χ1) is 10.1. The van der Waals surface area contributed by atoms with Crippen LogP contribution in [-0.2, 0) is 15.1 Å². The summed E-state index contributed by atoms with van der Waals surface area (Å²) >= 11 is 1.70. The largest absolute Gasteiger partial charge is 0.467 e. The number of ether oxygens (including phenoxy) is 1. The highest BCUT2D eigenvalue weighted by atomic mass is 32.2. The molecule has 0 saturated carbocycles. The molecule has 21 heavy (non-hydrogen) atoms. The highest BCUT2D eigenvalue weighted by Crippen LogP contribution is 2.31. The average Bonchev–Trinajstić information content (AvgIpc) is 2.83. The Labute approximate surface area is 131 Å². The first-order valence-electron chi connectivity index (χ1n) is 7.31. The van der Waals surface area contributed by atoms with Crippen molar-refractivity contribution in [3.63, 3.8) is 0 Å². The first kappa shape index (κ1) is 16.3. The number of carbonyl (C=O) groups is 1. The topological polar surface area (TPSA) is 41.6 Å². The Hall–Kier alpha value is -1.04. The highest BCUT2D eigenvalue weighted by Gasteiger charge is 2.42. The van der Waals surface area contributed by atoms with Gasteiger partial charge >= 0.3 is 5.97 Å². The number of benzene rings is 1. The predicted octanol–water partition coefficient (Wildman–Crippen LogP) is 2.09. The molecule has 1 atom stereocenters. The van der Waals surface area contributed by atoms with Gasteiger partial charge in [0.15, 0.2) is 0 Å². The van der Waals surface area contributed by atoms with Gasteiger partial charge in [0.25, 0.3) is 0 Å². The Balaban J connectivity index is 2.36. The van der Waals surface area contributed by atoms with Crippen LogP contribution in [0.3, 0.4) is 0 Å². The molecule has 1 saturated heterocycles. The third-order valence-electron chi connectivity index (χ3n) is 4.21. The van der Waals surface area contributed by atoms with Crippen LogP contribution >= 0.6 is 11.8 Å². The smallest absolute Gasteiger partial charge is 0.330 e. The number of rotatable bonds is 4. The van der Waals surface area contributed by atoms with E-state index in [1.807, 2.05) is 19.1 Å². The Morgan fingerprint density at radius 1 is 1.29 bits per heavy atom. The van der Waals surface area contributed by atoms with Crippen LogP contribution in [0.4, 0.5) is 0 Å². The molecule has 1 aromatic carbocycles. The van der Waals surface area contributed by atoms with Crippen molar-refractivity contribution in [3.8, 4) is 0 Å². The molecule has 4 nitrogen and oxygen atoms in total. The molecule has 1 N–H and O–H groups in total. The Morgan fingerprint density at radius 3 is 2.62 bits per heavy atom. The lowest BCUT2D eigenvalue weighted by atomic mass is 9.89. The molecule has 1 aliphatic rings. The second-order valence-corrected chi connectivity index (χ2v) is 6.26. The van der Waals surface area contributed by atoms with Gasteiger partial charge in [-0.05, 0) is 43.8 Å². The minimum Gasteiger partial charge on any atom is -0.467 e. The van der Waals surface area contributed by atoms with Gasteiger partial charge in [-0.15, -0.1) is 11.8 Å². The number of hydrogen-bond acceptors (Lipinski definition) is 5. The second-order valence-electron chi connectivity index (χ2n) is 5.38. The van der Waals surface area contributed by atoms with Gasteiger partial charge in [0.05, 0.1) is 7.11 Å². The molecule has 0 bridgehead atoms. The van der Waals surface area contributed by atoms with Gasteiger partial charge in [0, 0.05) is 24.5 Å². The Morgan fingerprint density at radius 2 is 2.00 bits per heavy atom. The molecule has 1 fully saturated rings. The third-order valence-corrected chi connectivity index (χ3v) is 4.95. The van der Waals surface area contributed by atoms with Crippen molar-refractivity contribution in [2.45, 2.75) is 23.8 Å². The van der Waals surface area contributed by atoms with Crippen LogP contribution in [0, 0.1) is 0 Å². The molecule has 2 rings (SSSR count). The SMILES string of the molecule is COC(=O)C(C)(c1ccc(SC)cc1)N1CCCNCC1. The molecule has 0 radical (unpaired) electrons. The van der Waals surface area contributed by atoms with E-state index in [0.29, 0.717) is 0 Å². The van der Waals surface area contributed by atoms with Gasteiger partial charge < -0.3 is 10.1 Å². The summed E-state index contributed by atoms with van der Waals surface area (Å²) in [6, 6.07) is 8.22. The zero-order valence-corrected chi connectivity index (χ0v) is 13.8. The lowest BCUT2D eigenvalue weighted by molar-refractivity contribution is -0.155. The predicted molar refractivity (Wildman–Crippen MR) is 86.7 cm³/mol. The molecule has 1 aromatic rings. The molecule has 0 aromatic heterocycles. The van der Waals surface area contributed by atoms with Crippen LogP contribution in [0.25, 0.3) is 0 Å². The van der Waals surface area contributed by atoms with Crippen molar-refractivity contribution >= 4 is 17.7 Å². The maximum Gasteiger partial charge on any atom is 0.330 e. The minimum atomic E-state index is -0.724. The fraction of sp³-hybridized carbons (Fsp3) is 0.562. The van der Waals surface area contributed by atoms with Crippen LogP contribution in [0.15, 0.2) is 29.2 Å². The Kier molecular flexibility index (Phi) is 5.67. The fourth-order valence-corrected chi connectivity index (χ4v) is 3.25. The number of methoxy groups -OCH3 is 1. The number of thioether (sulfide) groups is 1. The van der Waals surface area contributed by atoms with E-state index in [1.54, 1.807) is 11.8 Å². The van der Waals surface area contributed by atoms with E-state index >= 15 is 0 Å². The van der Waals surface area contributed by atoms with Crippen molar-refractivity contribution in [1.29, 1.82) is 0 Å². The molecule has 1 unspecified atom stereocenters. The number of hydrogen-bond donors (Lipinski definition) is 1. The van der Waals surface area contributed by atoms with Crippen molar-refractivity contribution in [2.75, 3.05) is 39.5 Å². The van der Waals surface area contributed by atoms with Gasteiger partial charge in [-0.2, -0.15) is 0 Å². The molecule has 0 spiro atoms. The maximum absolute atomic E-state index is 12.5. The van der Waals surface area contributed by atoms with E-state index in [2.05, 4.69) is 28.6 Å². The van der Waals surface area contributed by atoms with Crippen molar-refractivity contribution in [3.05, 3.63) is 29.8 Å². The number of carbonyl (C=O) groups excluding carboxylic acids is 1. The molecule has 0 amide bonds. The van der Waals surface area contributed by atoms with Crippen molar-refractivity contribution in [1.82, 2.24) is 10.2 Å². The van der Waals surface area contributed by atoms with Gasteiger partial charge in [0.1, 0.15) is 5.54 Å². The molecule has 116 valence electrons. The lowest BCUT2D eigenvalue weighted by Gasteiger charge is -2.38. The molecular weight excluding hydrogens is 284 g/mol. The molecule has 1 aliphatic heterocycles. The van der Waals surface area contributed by atoms with Crippen LogP contribution in [0.5, 0.6) is 0 Å². The first-order valence-corrected chi connectivity index (χ1v) is 8.54. The average molecular weight is 308 g/mol. The summed E-state index contributed by atoms with van der Waals surface area (Å²) in [5.41, 5.74) is 0.270. The van der Waals surface area contributed by atoms with Gasteiger partial charge in [0.2, 0.25) is 0 Å². The normalized spacial score (nSPS) is 19.6. The standard InChI is InChI=1S/C16H24N2O2S/c1-16(15(19)20-2,18-11-4-9-17-10-12-18)13-5-7-14(21-3)8-6-13/h5-8,17H,4,9-12H2,1-3H3. The maximum atomic E-state index is 12.5. The Bertz CT molecular complexity index is 470.